The van der Waals surface area contributed by atoms with Crippen LogP contribution in [0.15, 0.2) is 18.2 Å². The van der Waals surface area contributed by atoms with E-state index in [2.05, 4.69) is 16.0 Å². The topological polar surface area (TPSA) is 111 Å². The zero-order valence-corrected chi connectivity index (χ0v) is 14.7. The Morgan fingerprint density at radius 2 is 2.00 bits per heavy atom. The molecule has 0 aromatic heterocycles. The van der Waals surface area contributed by atoms with Gasteiger partial charge in [-0.25, -0.2) is 9.59 Å². The van der Waals surface area contributed by atoms with Crippen molar-refractivity contribution in [1.82, 2.24) is 10.2 Å². The zero-order valence-electron chi connectivity index (χ0n) is 14.7. The van der Waals surface area contributed by atoms with Crippen LogP contribution >= 0.6 is 0 Å². The molecule has 0 saturated carbocycles. The van der Waals surface area contributed by atoms with E-state index in [0.29, 0.717) is 30.9 Å². The van der Waals surface area contributed by atoms with Crippen LogP contribution in [0.3, 0.4) is 0 Å². The van der Waals surface area contributed by atoms with Crippen LogP contribution in [0.25, 0.3) is 0 Å². The van der Waals surface area contributed by atoms with E-state index in [9.17, 15) is 19.5 Å². The van der Waals surface area contributed by atoms with Crippen LogP contribution in [0.2, 0.25) is 0 Å². The fourth-order valence-electron chi connectivity index (χ4n) is 2.67. The molecule has 0 bridgehead atoms. The standard InChI is InChI=1S/C17H24N4O4/c1-4-18-15(24)19-12-6-5-11(2)13(9-12)20-16(25)21-8-7-17(3,10-21)14(22)23/h5-6,9H,4,7-8,10H2,1-3H3,(H,20,25)(H,22,23)(H2,18,19,24). The van der Waals surface area contributed by atoms with Crippen molar-refractivity contribution in [3.05, 3.63) is 23.8 Å². The van der Waals surface area contributed by atoms with Gasteiger partial charge in [-0.15, -0.1) is 0 Å². The highest BCUT2D eigenvalue weighted by Gasteiger charge is 2.42. The molecule has 25 heavy (non-hydrogen) atoms. The van der Waals surface area contributed by atoms with Gasteiger partial charge in [0.15, 0.2) is 0 Å². The minimum atomic E-state index is -0.909. The maximum atomic E-state index is 12.4. The lowest BCUT2D eigenvalue weighted by molar-refractivity contribution is -0.146. The molecule has 4 amide bonds. The lowest BCUT2D eigenvalue weighted by Gasteiger charge is -2.21. The molecule has 0 spiro atoms. The Morgan fingerprint density at radius 3 is 2.60 bits per heavy atom. The smallest absolute Gasteiger partial charge is 0.321 e. The highest BCUT2D eigenvalue weighted by molar-refractivity contribution is 5.94. The van der Waals surface area contributed by atoms with E-state index in [1.165, 1.54) is 4.90 Å². The van der Waals surface area contributed by atoms with E-state index in [0.717, 1.165) is 5.56 Å². The summed E-state index contributed by atoms with van der Waals surface area (Å²) < 4.78 is 0. The predicted molar refractivity (Wildman–Crippen MR) is 94.8 cm³/mol. The van der Waals surface area contributed by atoms with Gasteiger partial charge >= 0.3 is 18.0 Å². The summed E-state index contributed by atoms with van der Waals surface area (Å²) in [5.74, 6) is -0.896. The number of benzene rings is 1. The van der Waals surface area contributed by atoms with E-state index in [-0.39, 0.29) is 18.6 Å². The molecule has 2 rings (SSSR count). The van der Waals surface area contributed by atoms with Gasteiger partial charge in [0.1, 0.15) is 0 Å². The van der Waals surface area contributed by atoms with Crippen LogP contribution in [-0.4, -0.2) is 47.7 Å². The zero-order chi connectivity index (χ0) is 18.6. The average Bonchev–Trinajstić information content (AvgIpc) is 2.95. The highest BCUT2D eigenvalue weighted by atomic mass is 16.4. The van der Waals surface area contributed by atoms with Crippen LogP contribution < -0.4 is 16.0 Å². The van der Waals surface area contributed by atoms with Crippen molar-refractivity contribution in [2.75, 3.05) is 30.3 Å². The minimum Gasteiger partial charge on any atom is -0.481 e. The number of rotatable bonds is 4. The molecule has 8 heteroatoms. The molecule has 1 aliphatic rings. The number of aryl methyl sites for hydroxylation is 1. The SMILES string of the molecule is CCNC(=O)Nc1ccc(C)c(NC(=O)N2CCC(C)(C(=O)O)C2)c1. The van der Waals surface area contributed by atoms with E-state index < -0.39 is 11.4 Å². The van der Waals surface area contributed by atoms with Gasteiger partial charge in [0, 0.05) is 31.0 Å². The summed E-state index contributed by atoms with van der Waals surface area (Å²) in [4.78, 5) is 36.8. The summed E-state index contributed by atoms with van der Waals surface area (Å²) in [5, 5.41) is 17.4. The maximum Gasteiger partial charge on any atom is 0.321 e. The molecule has 1 fully saturated rings. The van der Waals surface area contributed by atoms with Crippen molar-refractivity contribution >= 4 is 29.4 Å². The molecule has 1 atom stereocenters. The van der Waals surface area contributed by atoms with Gasteiger partial charge in [0.2, 0.25) is 0 Å². The van der Waals surface area contributed by atoms with Crippen molar-refractivity contribution in [2.24, 2.45) is 5.41 Å². The second kappa shape index (κ2) is 7.42. The number of nitrogens with zero attached hydrogens (tertiary/aromatic N) is 1. The van der Waals surface area contributed by atoms with Crippen molar-refractivity contribution in [3.63, 3.8) is 0 Å². The van der Waals surface area contributed by atoms with Gasteiger partial charge in [-0.2, -0.15) is 0 Å². The Bertz CT molecular complexity index is 691. The number of aliphatic carboxylic acids is 1. The Balaban J connectivity index is 2.05. The van der Waals surface area contributed by atoms with Crippen molar-refractivity contribution in [1.29, 1.82) is 0 Å². The average molecular weight is 348 g/mol. The number of nitrogens with one attached hydrogen (secondary N) is 3. The first-order valence-electron chi connectivity index (χ1n) is 8.20. The van der Waals surface area contributed by atoms with Crippen molar-refractivity contribution in [2.45, 2.75) is 27.2 Å². The van der Waals surface area contributed by atoms with E-state index in [4.69, 9.17) is 0 Å². The number of likely N-dealkylation sites (tertiary alicyclic amines) is 1. The number of carboxylic acid groups (broad SMARTS) is 1. The Labute approximate surface area is 146 Å². The van der Waals surface area contributed by atoms with Gasteiger partial charge in [-0.3, -0.25) is 4.79 Å². The third kappa shape index (κ3) is 4.40. The molecule has 1 aromatic rings. The fraction of sp³-hybridized carbons (Fsp3) is 0.471. The summed E-state index contributed by atoms with van der Waals surface area (Å²) in [6, 6.07) is 4.55. The van der Waals surface area contributed by atoms with Crippen LogP contribution in [0.4, 0.5) is 21.0 Å². The number of carbonyl (C=O) groups is 3. The molecule has 1 aromatic carbocycles. The Morgan fingerprint density at radius 1 is 1.28 bits per heavy atom. The number of hydrogen-bond acceptors (Lipinski definition) is 3. The molecule has 0 radical (unpaired) electrons. The van der Waals surface area contributed by atoms with Crippen LogP contribution in [0.5, 0.6) is 0 Å². The highest BCUT2D eigenvalue weighted by Crippen LogP contribution is 2.31. The lowest BCUT2D eigenvalue weighted by atomic mass is 9.90. The normalized spacial score (nSPS) is 19.4. The number of hydrogen-bond donors (Lipinski definition) is 4. The number of carbonyl (C=O) groups excluding carboxylic acids is 2. The van der Waals surface area contributed by atoms with Crippen molar-refractivity contribution < 1.29 is 19.5 Å². The molecule has 1 saturated heterocycles. The summed E-state index contributed by atoms with van der Waals surface area (Å²) in [5.41, 5.74) is 1.07. The van der Waals surface area contributed by atoms with Gasteiger partial charge in [0.25, 0.3) is 0 Å². The van der Waals surface area contributed by atoms with Gasteiger partial charge in [0.05, 0.1) is 5.41 Å². The summed E-state index contributed by atoms with van der Waals surface area (Å²) in [7, 11) is 0. The Hall–Kier alpha value is -2.77. The van der Waals surface area contributed by atoms with Crippen molar-refractivity contribution in [3.8, 4) is 0 Å². The molecular formula is C17H24N4O4. The molecule has 1 heterocycles. The second-order valence-electron chi connectivity index (χ2n) is 6.48. The van der Waals surface area contributed by atoms with Crippen LogP contribution in [0.1, 0.15) is 25.8 Å². The summed E-state index contributed by atoms with van der Waals surface area (Å²) in [6.07, 6.45) is 0.424. The summed E-state index contributed by atoms with van der Waals surface area (Å²) in [6.45, 7) is 6.39. The van der Waals surface area contributed by atoms with E-state index >= 15 is 0 Å². The summed E-state index contributed by atoms with van der Waals surface area (Å²) >= 11 is 0. The number of urea groups is 2. The first-order chi connectivity index (χ1) is 11.7. The third-order valence-corrected chi connectivity index (χ3v) is 4.35. The maximum absolute atomic E-state index is 12.4. The second-order valence-corrected chi connectivity index (χ2v) is 6.48. The third-order valence-electron chi connectivity index (χ3n) is 4.35. The molecule has 4 N–H and O–H groups in total. The molecule has 136 valence electrons. The van der Waals surface area contributed by atoms with Gasteiger partial charge in [-0.1, -0.05) is 6.07 Å². The number of carboxylic acids is 1. The largest absolute Gasteiger partial charge is 0.481 e. The monoisotopic (exact) mass is 348 g/mol. The molecule has 8 nitrogen and oxygen atoms in total. The molecule has 0 aliphatic carbocycles. The van der Waals surface area contributed by atoms with E-state index in [1.807, 2.05) is 13.8 Å². The predicted octanol–water partition coefficient (Wildman–Crippen LogP) is 2.46. The molecular weight excluding hydrogens is 324 g/mol. The van der Waals surface area contributed by atoms with E-state index in [1.54, 1.807) is 25.1 Å². The number of amides is 4. The van der Waals surface area contributed by atoms with Crippen LogP contribution in [0, 0.1) is 12.3 Å². The minimum absolute atomic E-state index is 0.171. The van der Waals surface area contributed by atoms with Gasteiger partial charge in [-0.05, 0) is 44.9 Å². The molecule has 1 unspecified atom stereocenters. The van der Waals surface area contributed by atoms with Gasteiger partial charge < -0.3 is 26.0 Å². The lowest BCUT2D eigenvalue weighted by Crippen LogP contribution is -2.37. The van der Waals surface area contributed by atoms with Crippen LogP contribution in [-0.2, 0) is 4.79 Å². The quantitative estimate of drug-likeness (QED) is 0.670. The Kier molecular flexibility index (Phi) is 5.51. The first kappa shape index (κ1) is 18.6. The first-order valence-corrected chi connectivity index (χ1v) is 8.20. The fourth-order valence-corrected chi connectivity index (χ4v) is 2.67. The number of anilines is 2. The molecule has 1 aliphatic heterocycles.